The predicted molar refractivity (Wildman–Crippen MR) is 63.1 cm³/mol. The molecule has 1 fully saturated rings. The summed E-state index contributed by atoms with van der Waals surface area (Å²) in [7, 11) is 0. The van der Waals surface area contributed by atoms with Gasteiger partial charge in [0.1, 0.15) is 10.8 Å². The van der Waals surface area contributed by atoms with Crippen LogP contribution in [0.25, 0.3) is 0 Å². The molecule has 0 spiro atoms. The number of nitrogens with two attached hydrogens (primary N) is 1. The highest BCUT2D eigenvalue weighted by Gasteiger charge is 2.20. The van der Waals surface area contributed by atoms with Crippen LogP contribution in [0.5, 0.6) is 0 Å². The van der Waals surface area contributed by atoms with Crippen molar-refractivity contribution in [2.24, 2.45) is 0 Å². The van der Waals surface area contributed by atoms with Gasteiger partial charge in [-0.25, -0.2) is 0 Å². The number of aromatic nitrogens is 1. The standard InChI is InChI=1S/C10H17N3OS/c1-6-9(11)13-15-10(6)12-7-2-4-8(14)5-3-7/h7-8,12,14H,2-5H2,1H3,(H2,11,13). The lowest BCUT2D eigenvalue weighted by Crippen LogP contribution is -2.28. The fourth-order valence-corrected chi connectivity index (χ4v) is 2.68. The Kier molecular flexibility index (Phi) is 3.11. The van der Waals surface area contributed by atoms with E-state index in [1.807, 2.05) is 6.92 Å². The van der Waals surface area contributed by atoms with E-state index >= 15 is 0 Å². The number of nitrogen functional groups attached to an aromatic ring is 1. The zero-order chi connectivity index (χ0) is 10.8. The van der Waals surface area contributed by atoms with Gasteiger partial charge in [-0.3, -0.25) is 0 Å². The lowest BCUT2D eigenvalue weighted by atomic mass is 9.93. The highest BCUT2D eigenvalue weighted by molar-refractivity contribution is 7.10. The largest absolute Gasteiger partial charge is 0.393 e. The Morgan fingerprint density at radius 1 is 1.40 bits per heavy atom. The molecule has 5 heteroatoms. The molecule has 4 nitrogen and oxygen atoms in total. The lowest BCUT2D eigenvalue weighted by Gasteiger charge is -2.26. The lowest BCUT2D eigenvalue weighted by molar-refractivity contribution is 0.126. The third kappa shape index (κ3) is 2.41. The summed E-state index contributed by atoms with van der Waals surface area (Å²) in [5.74, 6) is 0.623. The van der Waals surface area contributed by atoms with Gasteiger partial charge < -0.3 is 16.2 Å². The molecular formula is C10H17N3OS. The topological polar surface area (TPSA) is 71.2 Å². The summed E-state index contributed by atoms with van der Waals surface area (Å²) in [4.78, 5) is 0. The summed E-state index contributed by atoms with van der Waals surface area (Å²) in [6, 6.07) is 0.465. The van der Waals surface area contributed by atoms with Crippen molar-refractivity contribution in [3.8, 4) is 0 Å². The molecule has 84 valence electrons. The van der Waals surface area contributed by atoms with E-state index in [9.17, 15) is 5.11 Å². The average Bonchev–Trinajstić information content (AvgIpc) is 2.53. The second-order valence-electron chi connectivity index (χ2n) is 4.17. The van der Waals surface area contributed by atoms with E-state index in [1.54, 1.807) is 0 Å². The highest BCUT2D eigenvalue weighted by Crippen LogP contribution is 2.29. The normalized spacial score (nSPS) is 26.5. The van der Waals surface area contributed by atoms with Crippen LogP contribution in [0.3, 0.4) is 0 Å². The first kappa shape index (κ1) is 10.7. The third-order valence-electron chi connectivity index (χ3n) is 2.99. The first-order chi connectivity index (χ1) is 7.16. The van der Waals surface area contributed by atoms with Crippen LogP contribution >= 0.6 is 11.5 Å². The molecule has 0 aliphatic heterocycles. The van der Waals surface area contributed by atoms with Crippen molar-refractivity contribution in [2.75, 3.05) is 11.1 Å². The zero-order valence-corrected chi connectivity index (χ0v) is 9.68. The molecule has 15 heavy (non-hydrogen) atoms. The molecule has 1 aliphatic rings. The van der Waals surface area contributed by atoms with E-state index in [0.717, 1.165) is 36.2 Å². The van der Waals surface area contributed by atoms with E-state index in [1.165, 1.54) is 11.5 Å². The Morgan fingerprint density at radius 2 is 2.07 bits per heavy atom. The van der Waals surface area contributed by atoms with Crippen molar-refractivity contribution in [3.63, 3.8) is 0 Å². The molecule has 0 atom stereocenters. The maximum atomic E-state index is 9.39. The van der Waals surface area contributed by atoms with Gasteiger partial charge in [0, 0.05) is 11.6 Å². The van der Waals surface area contributed by atoms with Gasteiger partial charge in [-0.1, -0.05) is 0 Å². The number of aliphatic hydroxyl groups excluding tert-OH is 1. The van der Waals surface area contributed by atoms with E-state index in [4.69, 9.17) is 5.73 Å². The van der Waals surface area contributed by atoms with Gasteiger partial charge in [-0.15, -0.1) is 0 Å². The number of nitrogens with one attached hydrogen (secondary N) is 1. The van der Waals surface area contributed by atoms with Gasteiger partial charge in [0.15, 0.2) is 0 Å². The van der Waals surface area contributed by atoms with E-state index in [0.29, 0.717) is 11.9 Å². The van der Waals surface area contributed by atoms with Gasteiger partial charge in [-0.2, -0.15) is 4.37 Å². The quantitative estimate of drug-likeness (QED) is 0.720. The summed E-state index contributed by atoms with van der Waals surface area (Å²) >= 11 is 1.42. The number of hydrogen-bond acceptors (Lipinski definition) is 5. The fraction of sp³-hybridized carbons (Fsp3) is 0.700. The van der Waals surface area contributed by atoms with E-state index in [2.05, 4.69) is 9.69 Å². The van der Waals surface area contributed by atoms with Crippen LogP contribution < -0.4 is 11.1 Å². The van der Waals surface area contributed by atoms with Crippen LogP contribution in [0.2, 0.25) is 0 Å². The van der Waals surface area contributed by atoms with Crippen LogP contribution in [-0.2, 0) is 0 Å². The van der Waals surface area contributed by atoms with Crippen molar-refractivity contribution in [3.05, 3.63) is 5.56 Å². The van der Waals surface area contributed by atoms with Crippen molar-refractivity contribution >= 4 is 22.4 Å². The van der Waals surface area contributed by atoms with Crippen molar-refractivity contribution in [1.29, 1.82) is 0 Å². The molecule has 1 aromatic heterocycles. The summed E-state index contributed by atoms with van der Waals surface area (Å²) in [6.45, 7) is 1.98. The predicted octanol–water partition coefficient (Wildman–Crippen LogP) is 1.75. The highest BCUT2D eigenvalue weighted by atomic mass is 32.1. The number of nitrogens with zero attached hydrogens (tertiary/aromatic N) is 1. The number of anilines is 2. The molecule has 0 bridgehead atoms. The molecule has 0 unspecified atom stereocenters. The molecule has 2 rings (SSSR count). The first-order valence-corrected chi connectivity index (χ1v) is 6.10. The Bertz CT molecular complexity index is 331. The number of hydrogen-bond donors (Lipinski definition) is 3. The van der Waals surface area contributed by atoms with Crippen LogP contribution in [0.1, 0.15) is 31.2 Å². The van der Waals surface area contributed by atoms with Crippen LogP contribution in [-0.4, -0.2) is 21.6 Å². The van der Waals surface area contributed by atoms with Crippen LogP contribution in [0, 0.1) is 6.92 Å². The van der Waals surface area contributed by atoms with Gasteiger partial charge in [0.05, 0.1) is 6.10 Å². The Morgan fingerprint density at radius 3 is 2.60 bits per heavy atom. The number of rotatable bonds is 2. The Labute approximate surface area is 93.7 Å². The average molecular weight is 227 g/mol. The Balaban J connectivity index is 1.94. The SMILES string of the molecule is Cc1c(N)nsc1NC1CCC(O)CC1. The molecule has 1 heterocycles. The van der Waals surface area contributed by atoms with Crippen LogP contribution in [0.15, 0.2) is 0 Å². The van der Waals surface area contributed by atoms with Gasteiger partial charge >= 0.3 is 0 Å². The summed E-state index contributed by atoms with van der Waals surface area (Å²) in [5.41, 5.74) is 6.73. The van der Waals surface area contributed by atoms with Crippen molar-refractivity contribution in [2.45, 2.75) is 44.8 Å². The maximum Gasteiger partial charge on any atom is 0.142 e. The van der Waals surface area contributed by atoms with E-state index in [-0.39, 0.29) is 6.10 Å². The minimum absolute atomic E-state index is 0.101. The van der Waals surface area contributed by atoms with Crippen LogP contribution in [0.4, 0.5) is 10.8 Å². The van der Waals surface area contributed by atoms with E-state index < -0.39 is 0 Å². The van der Waals surface area contributed by atoms with Crippen molar-refractivity contribution < 1.29 is 5.11 Å². The molecule has 0 saturated heterocycles. The Hall–Kier alpha value is -0.810. The summed E-state index contributed by atoms with van der Waals surface area (Å²) in [6.07, 6.45) is 3.74. The molecule has 0 radical (unpaired) electrons. The fourth-order valence-electron chi connectivity index (χ4n) is 1.89. The molecule has 4 N–H and O–H groups in total. The third-order valence-corrected chi connectivity index (χ3v) is 3.89. The second kappa shape index (κ2) is 4.37. The first-order valence-electron chi connectivity index (χ1n) is 5.33. The molecule has 0 aromatic carbocycles. The zero-order valence-electron chi connectivity index (χ0n) is 8.86. The minimum atomic E-state index is -0.101. The molecule has 1 aromatic rings. The molecular weight excluding hydrogens is 210 g/mol. The van der Waals surface area contributed by atoms with Gasteiger partial charge in [-0.05, 0) is 44.1 Å². The maximum absolute atomic E-state index is 9.39. The number of aliphatic hydroxyl groups is 1. The second-order valence-corrected chi connectivity index (χ2v) is 4.95. The minimum Gasteiger partial charge on any atom is -0.393 e. The van der Waals surface area contributed by atoms with Gasteiger partial charge in [0.25, 0.3) is 0 Å². The van der Waals surface area contributed by atoms with Gasteiger partial charge in [0.2, 0.25) is 0 Å². The molecule has 0 amide bonds. The smallest absolute Gasteiger partial charge is 0.142 e. The summed E-state index contributed by atoms with van der Waals surface area (Å²) in [5, 5.41) is 13.9. The summed E-state index contributed by atoms with van der Waals surface area (Å²) < 4.78 is 4.10. The molecule has 1 saturated carbocycles. The monoisotopic (exact) mass is 227 g/mol. The molecule has 1 aliphatic carbocycles. The van der Waals surface area contributed by atoms with Crippen molar-refractivity contribution in [1.82, 2.24) is 4.37 Å².